The van der Waals surface area contributed by atoms with Crippen molar-refractivity contribution in [2.45, 2.75) is 25.2 Å². The number of hydrogen-bond acceptors (Lipinski definition) is 6. The Bertz CT molecular complexity index is 772. The minimum Gasteiger partial charge on any atom is -0.463 e. The second-order valence-corrected chi connectivity index (χ2v) is 5.38. The van der Waals surface area contributed by atoms with Crippen LogP contribution in [0.3, 0.4) is 0 Å². The first-order chi connectivity index (χ1) is 12.8. The lowest BCUT2D eigenvalue weighted by atomic mass is 10.1. The summed E-state index contributed by atoms with van der Waals surface area (Å²) in [5.74, 6) is -3.25. The Morgan fingerprint density at radius 2 is 1.70 bits per heavy atom. The van der Waals surface area contributed by atoms with E-state index in [2.05, 4.69) is 14.7 Å². The average molecular weight is 382 g/mol. The summed E-state index contributed by atoms with van der Waals surface area (Å²) in [5, 5.41) is 3.60. The van der Waals surface area contributed by atoms with Gasteiger partial charge >= 0.3 is 17.8 Å². The van der Waals surface area contributed by atoms with E-state index in [0.29, 0.717) is 5.56 Å². The SMILES string of the molecule is CCOC(=O)C(NC(=O)Cc1ccccc1)(Nc1ncccn1)C(F)(F)F. The number of esters is 1. The lowest BCUT2D eigenvalue weighted by Gasteiger charge is -2.34. The summed E-state index contributed by atoms with van der Waals surface area (Å²) in [7, 11) is 0. The van der Waals surface area contributed by atoms with E-state index in [-0.39, 0.29) is 13.0 Å². The number of ether oxygens (including phenoxy) is 1. The zero-order valence-electron chi connectivity index (χ0n) is 14.3. The molecular formula is C17H17F3N4O3. The Morgan fingerprint density at radius 3 is 2.26 bits per heavy atom. The molecule has 1 heterocycles. The Balaban J connectivity index is 2.37. The highest BCUT2D eigenvalue weighted by molar-refractivity contribution is 5.91. The van der Waals surface area contributed by atoms with Crippen LogP contribution in [0.4, 0.5) is 19.1 Å². The summed E-state index contributed by atoms with van der Waals surface area (Å²) in [6, 6.07) is 9.52. The van der Waals surface area contributed by atoms with Gasteiger partial charge in [0.25, 0.3) is 0 Å². The summed E-state index contributed by atoms with van der Waals surface area (Å²) in [6.07, 6.45) is -3.22. The molecule has 1 unspecified atom stereocenters. The van der Waals surface area contributed by atoms with Crippen molar-refractivity contribution in [1.82, 2.24) is 15.3 Å². The fourth-order valence-corrected chi connectivity index (χ4v) is 2.20. The largest absolute Gasteiger partial charge is 0.463 e. The summed E-state index contributed by atoms with van der Waals surface area (Å²) in [4.78, 5) is 31.8. The summed E-state index contributed by atoms with van der Waals surface area (Å²) in [6.45, 7) is 1.03. The number of benzene rings is 1. The molecule has 0 fully saturated rings. The first kappa shape index (κ1) is 20.1. The number of aromatic nitrogens is 2. The van der Waals surface area contributed by atoms with Gasteiger partial charge in [-0.05, 0) is 18.6 Å². The van der Waals surface area contributed by atoms with E-state index in [1.54, 1.807) is 35.6 Å². The second kappa shape index (κ2) is 8.47. The molecular weight excluding hydrogens is 365 g/mol. The summed E-state index contributed by atoms with van der Waals surface area (Å²) >= 11 is 0. The lowest BCUT2D eigenvalue weighted by Crippen LogP contribution is -2.69. The summed E-state index contributed by atoms with van der Waals surface area (Å²) < 4.78 is 46.3. The van der Waals surface area contributed by atoms with E-state index in [9.17, 15) is 22.8 Å². The van der Waals surface area contributed by atoms with E-state index in [0.717, 1.165) is 0 Å². The topological polar surface area (TPSA) is 93.2 Å². The van der Waals surface area contributed by atoms with Crippen molar-refractivity contribution in [3.63, 3.8) is 0 Å². The molecule has 27 heavy (non-hydrogen) atoms. The molecule has 2 aromatic rings. The Labute approximate surface area is 153 Å². The highest BCUT2D eigenvalue weighted by Gasteiger charge is 2.64. The molecule has 0 spiro atoms. The van der Waals surface area contributed by atoms with Gasteiger partial charge in [0.05, 0.1) is 13.0 Å². The van der Waals surface area contributed by atoms with Crippen LogP contribution in [0.5, 0.6) is 0 Å². The smallest absolute Gasteiger partial charge is 0.442 e. The molecule has 10 heteroatoms. The number of alkyl halides is 3. The highest BCUT2D eigenvalue weighted by atomic mass is 19.4. The number of nitrogens with one attached hydrogen (secondary N) is 2. The maximum atomic E-state index is 13.9. The normalized spacial score (nSPS) is 13.3. The highest BCUT2D eigenvalue weighted by Crippen LogP contribution is 2.32. The second-order valence-electron chi connectivity index (χ2n) is 5.38. The number of halogens is 3. The molecule has 0 aliphatic heterocycles. The molecule has 1 amide bonds. The van der Waals surface area contributed by atoms with Crippen LogP contribution in [0.1, 0.15) is 12.5 Å². The van der Waals surface area contributed by atoms with Gasteiger partial charge in [0.2, 0.25) is 11.9 Å². The van der Waals surface area contributed by atoms with Gasteiger partial charge in [-0.1, -0.05) is 30.3 Å². The Kier molecular flexibility index (Phi) is 6.32. The van der Waals surface area contributed by atoms with E-state index in [1.165, 1.54) is 25.4 Å². The standard InChI is InChI=1S/C17H17F3N4O3/c1-2-27-14(26)16(17(18,19)20,24-15-21-9-6-10-22-15)23-13(25)11-12-7-4-3-5-8-12/h3-10H,2,11H2,1H3,(H,23,25)(H,21,22,24). The van der Waals surface area contributed by atoms with Crippen molar-refractivity contribution in [3.8, 4) is 0 Å². The molecule has 1 aromatic carbocycles. The van der Waals surface area contributed by atoms with Crippen molar-refractivity contribution < 1.29 is 27.5 Å². The Morgan fingerprint density at radius 1 is 1.07 bits per heavy atom. The molecule has 0 aliphatic carbocycles. The van der Waals surface area contributed by atoms with Crippen molar-refractivity contribution >= 4 is 17.8 Å². The van der Waals surface area contributed by atoms with Crippen LogP contribution in [0, 0.1) is 0 Å². The molecule has 0 saturated carbocycles. The molecule has 0 radical (unpaired) electrons. The number of anilines is 1. The van der Waals surface area contributed by atoms with Crippen molar-refractivity contribution in [1.29, 1.82) is 0 Å². The van der Waals surface area contributed by atoms with Crippen LogP contribution in [0.2, 0.25) is 0 Å². The number of nitrogens with zero attached hydrogens (tertiary/aromatic N) is 2. The first-order valence-corrected chi connectivity index (χ1v) is 7.92. The van der Waals surface area contributed by atoms with E-state index in [4.69, 9.17) is 0 Å². The Hall–Kier alpha value is -3.17. The fraction of sp³-hybridized carbons (Fsp3) is 0.294. The van der Waals surface area contributed by atoms with Crippen LogP contribution in [0.15, 0.2) is 48.8 Å². The first-order valence-electron chi connectivity index (χ1n) is 7.92. The van der Waals surface area contributed by atoms with Gasteiger partial charge in [-0.3, -0.25) is 4.79 Å². The molecule has 1 aromatic heterocycles. The van der Waals surface area contributed by atoms with Gasteiger partial charge in [0.15, 0.2) is 0 Å². The molecule has 144 valence electrons. The quantitative estimate of drug-likeness (QED) is 0.563. The van der Waals surface area contributed by atoms with Crippen molar-refractivity contribution in [2.24, 2.45) is 0 Å². The molecule has 1 atom stereocenters. The van der Waals surface area contributed by atoms with Crippen LogP contribution < -0.4 is 10.6 Å². The predicted molar refractivity (Wildman–Crippen MR) is 89.4 cm³/mol. The minimum absolute atomic E-state index is 0.317. The van der Waals surface area contributed by atoms with Crippen LogP contribution >= 0.6 is 0 Å². The van der Waals surface area contributed by atoms with Crippen molar-refractivity contribution in [3.05, 3.63) is 54.4 Å². The maximum Gasteiger partial charge on any atom is 0.442 e. The molecule has 7 nitrogen and oxygen atoms in total. The number of amides is 1. The van der Waals surface area contributed by atoms with Gasteiger partial charge in [0, 0.05) is 12.4 Å². The number of hydrogen-bond donors (Lipinski definition) is 2. The average Bonchev–Trinajstić information content (AvgIpc) is 2.62. The number of rotatable bonds is 7. The molecule has 0 aliphatic rings. The van der Waals surface area contributed by atoms with Gasteiger partial charge in [0.1, 0.15) is 0 Å². The number of carbonyl (C=O) groups is 2. The fourth-order valence-electron chi connectivity index (χ4n) is 2.20. The van der Waals surface area contributed by atoms with Crippen molar-refractivity contribution in [2.75, 3.05) is 11.9 Å². The third kappa shape index (κ3) is 4.93. The summed E-state index contributed by atoms with van der Waals surface area (Å²) in [5.41, 5.74) is -3.05. The minimum atomic E-state index is -5.23. The maximum absolute atomic E-state index is 13.9. The predicted octanol–water partition coefficient (Wildman–Crippen LogP) is 2.07. The third-order valence-corrected chi connectivity index (χ3v) is 3.41. The van der Waals surface area contributed by atoms with E-state index < -0.39 is 29.7 Å². The van der Waals surface area contributed by atoms with Crippen LogP contribution in [-0.2, 0) is 20.7 Å². The van der Waals surface area contributed by atoms with Gasteiger partial charge in [-0.15, -0.1) is 0 Å². The molecule has 2 rings (SSSR count). The van der Waals surface area contributed by atoms with E-state index in [1.807, 2.05) is 5.32 Å². The third-order valence-electron chi connectivity index (χ3n) is 3.41. The van der Waals surface area contributed by atoms with Gasteiger partial charge in [-0.25, -0.2) is 14.8 Å². The molecule has 0 bridgehead atoms. The monoisotopic (exact) mass is 382 g/mol. The van der Waals surface area contributed by atoms with Crippen LogP contribution in [0.25, 0.3) is 0 Å². The van der Waals surface area contributed by atoms with E-state index >= 15 is 0 Å². The lowest BCUT2D eigenvalue weighted by molar-refractivity contribution is -0.208. The molecule has 0 saturated heterocycles. The van der Waals surface area contributed by atoms with Gasteiger partial charge < -0.3 is 15.4 Å². The number of carbonyl (C=O) groups excluding carboxylic acids is 2. The molecule has 2 N–H and O–H groups in total. The van der Waals surface area contributed by atoms with Crippen LogP contribution in [-0.4, -0.2) is 40.3 Å². The van der Waals surface area contributed by atoms with Gasteiger partial charge in [-0.2, -0.15) is 13.2 Å². The zero-order chi connectivity index (χ0) is 19.9. The zero-order valence-corrected chi connectivity index (χ0v) is 14.3.